The number of carbonyl (C=O) groups excluding carboxylic acids is 3. The molecule has 0 atom stereocenters. The summed E-state index contributed by atoms with van der Waals surface area (Å²) in [6.45, 7) is 4.48. The fraction of sp³-hybridized carbons (Fsp3) is 0.500. The van der Waals surface area contributed by atoms with Gasteiger partial charge in [0.05, 0.1) is 0 Å². The fourth-order valence-electron chi connectivity index (χ4n) is 3.20. The van der Waals surface area contributed by atoms with Crippen molar-refractivity contribution in [2.75, 3.05) is 52.4 Å². The number of hydrogen-bond donors (Lipinski definition) is 1. The molecule has 1 N–H and O–H groups in total. The molecule has 0 aromatic heterocycles. The number of hydrogen-bond acceptors (Lipinski definition) is 4. The Kier molecular flexibility index (Phi) is 5.65. The minimum Gasteiger partial charge on any atom is -0.335 e. The Labute approximate surface area is 147 Å². The van der Waals surface area contributed by atoms with Gasteiger partial charge >= 0.3 is 11.8 Å². The van der Waals surface area contributed by atoms with Gasteiger partial charge in [-0.1, -0.05) is 18.2 Å². The Morgan fingerprint density at radius 2 is 1.32 bits per heavy atom. The standard InChI is InChI=1S/C18H24N4O3/c23-16(15-5-2-1-3-6-15)21-11-13-22(14-12-21)18(25)17(24)20-9-4-7-19-8-10-20/h1-3,5-6,19H,4,7-14H2. The summed E-state index contributed by atoms with van der Waals surface area (Å²) < 4.78 is 0. The first-order valence-electron chi connectivity index (χ1n) is 8.80. The Morgan fingerprint density at radius 3 is 2.00 bits per heavy atom. The first-order valence-corrected chi connectivity index (χ1v) is 8.80. The Morgan fingerprint density at radius 1 is 0.720 bits per heavy atom. The highest BCUT2D eigenvalue weighted by Crippen LogP contribution is 2.10. The molecular formula is C18H24N4O3. The lowest BCUT2D eigenvalue weighted by Crippen LogP contribution is -2.54. The first-order chi connectivity index (χ1) is 12.2. The van der Waals surface area contributed by atoms with E-state index in [1.54, 1.807) is 26.8 Å². The third kappa shape index (κ3) is 4.17. The molecule has 0 radical (unpaired) electrons. The molecule has 2 aliphatic heterocycles. The number of rotatable bonds is 1. The van der Waals surface area contributed by atoms with Crippen molar-refractivity contribution in [1.29, 1.82) is 0 Å². The van der Waals surface area contributed by atoms with Crippen LogP contribution in [-0.4, -0.2) is 84.8 Å². The van der Waals surface area contributed by atoms with Gasteiger partial charge in [0.2, 0.25) is 0 Å². The summed E-state index contributed by atoms with van der Waals surface area (Å²) >= 11 is 0. The Hall–Kier alpha value is -2.41. The molecule has 0 unspecified atom stereocenters. The number of piperazine rings is 1. The van der Waals surface area contributed by atoms with Crippen molar-refractivity contribution in [3.05, 3.63) is 35.9 Å². The molecule has 7 nitrogen and oxygen atoms in total. The highest BCUT2D eigenvalue weighted by atomic mass is 16.2. The van der Waals surface area contributed by atoms with Gasteiger partial charge in [0.15, 0.2) is 0 Å². The van der Waals surface area contributed by atoms with Gasteiger partial charge in [0.25, 0.3) is 5.91 Å². The highest BCUT2D eigenvalue weighted by Gasteiger charge is 2.31. The number of benzene rings is 1. The second kappa shape index (κ2) is 8.11. The maximum atomic E-state index is 12.5. The first kappa shape index (κ1) is 17.4. The summed E-state index contributed by atoms with van der Waals surface area (Å²) in [5.74, 6) is -0.905. The molecule has 2 fully saturated rings. The zero-order valence-electron chi connectivity index (χ0n) is 14.3. The van der Waals surface area contributed by atoms with E-state index in [1.165, 1.54) is 0 Å². The molecule has 0 spiro atoms. The molecule has 3 rings (SSSR count). The fourth-order valence-corrected chi connectivity index (χ4v) is 3.20. The van der Waals surface area contributed by atoms with E-state index in [0.717, 1.165) is 19.5 Å². The number of nitrogens with zero attached hydrogens (tertiary/aromatic N) is 3. The van der Waals surface area contributed by atoms with Crippen molar-refractivity contribution in [3.63, 3.8) is 0 Å². The van der Waals surface area contributed by atoms with Crippen molar-refractivity contribution >= 4 is 17.7 Å². The van der Waals surface area contributed by atoms with Gasteiger partial charge in [-0.25, -0.2) is 0 Å². The number of amides is 3. The van der Waals surface area contributed by atoms with Gasteiger partial charge in [0, 0.05) is 51.4 Å². The van der Waals surface area contributed by atoms with E-state index in [2.05, 4.69) is 5.32 Å². The molecule has 25 heavy (non-hydrogen) atoms. The van der Waals surface area contributed by atoms with Crippen LogP contribution in [-0.2, 0) is 9.59 Å². The van der Waals surface area contributed by atoms with E-state index in [-0.39, 0.29) is 5.91 Å². The van der Waals surface area contributed by atoms with Crippen LogP contribution in [0, 0.1) is 0 Å². The van der Waals surface area contributed by atoms with Crippen LogP contribution in [0.2, 0.25) is 0 Å². The Balaban J connectivity index is 1.53. The van der Waals surface area contributed by atoms with Crippen molar-refractivity contribution in [1.82, 2.24) is 20.0 Å². The molecular weight excluding hydrogens is 320 g/mol. The zero-order chi connectivity index (χ0) is 17.6. The van der Waals surface area contributed by atoms with Crippen LogP contribution in [0.3, 0.4) is 0 Å². The maximum Gasteiger partial charge on any atom is 0.312 e. The summed E-state index contributed by atoms with van der Waals surface area (Å²) in [5.41, 5.74) is 0.649. The molecule has 1 aromatic carbocycles. The molecule has 0 bridgehead atoms. The maximum absolute atomic E-state index is 12.5. The molecule has 7 heteroatoms. The van der Waals surface area contributed by atoms with Crippen molar-refractivity contribution in [2.45, 2.75) is 6.42 Å². The molecule has 134 valence electrons. The van der Waals surface area contributed by atoms with E-state index in [4.69, 9.17) is 0 Å². The normalized spacial score (nSPS) is 18.6. The van der Waals surface area contributed by atoms with Crippen molar-refractivity contribution in [3.8, 4) is 0 Å². The summed E-state index contributed by atoms with van der Waals surface area (Å²) in [6.07, 6.45) is 0.859. The van der Waals surface area contributed by atoms with Gasteiger partial charge in [-0.3, -0.25) is 14.4 Å². The van der Waals surface area contributed by atoms with Crippen LogP contribution in [0.5, 0.6) is 0 Å². The zero-order valence-corrected chi connectivity index (χ0v) is 14.3. The SMILES string of the molecule is O=C(C(=O)N1CCN(C(=O)c2ccccc2)CC1)N1CCCNCC1. The minimum absolute atomic E-state index is 0.0300. The Bertz CT molecular complexity index is 618. The van der Waals surface area contributed by atoms with Gasteiger partial charge in [0.1, 0.15) is 0 Å². The molecule has 2 heterocycles. The summed E-state index contributed by atoms with van der Waals surface area (Å²) in [7, 11) is 0. The molecule has 3 amide bonds. The van der Waals surface area contributed by atoms with E-state index in [0.29, 0.717) is 44.8 Å². The largest absolute Gasteiger partial charge is 0.335 e. The van der Waals surface area contributed by atoms with Crippen molar-refractivity contribution in [2.24, 2.45) is 0 Å². The van der Waals surface area contributed by atoms with Crippen molar-refractivity contribution < 1.29 is 14.4 Å². The summed E-state index contributed by atoms with van der Waals surface area (Å²) in [5, 5.41) is 3.22. The average Bonchev–Trinajstić information content (AvgIpc) is 2.96. The minimum atomic E-state index is -0.450. The predicted octanol–water partition coefficient (Wildman–Crippen LogP) is -0.207. The van der Waals surface area contributed by atoms with E-state index >= 15 is 0 Å². The second-order valence-corrected chi connectivity index (χ2v) is 6.35. The van der Waals surface area contributed by atoms with Gasteiger partial charge in [-0.2, -0.15) is 0 Å². The molecule has 0 aliphatic carbocycles. The van der Waals surface area contributed by atoms with E-state index in [9.17, 15) is 14.4 Å². The third-order valence-corrected chi connectivity index (χ3v) is 4.69. The lowest BCUT2D eigenvalue weighted by Gasteiger charge is -2.35. The topological polar surface area (TPSA) is 73.0 Å². The van der Waals surface area contributed by atoms with Gasteiger partial charge in [-0.05, 0) is 25.1 Å². The van der Waals surface area contributed by atoms with Crippen LogP contribution in [0.25, 0.3) is 0 Å². The molecule has 1 aromatic rings. The van der Waals surface area contributed by atoms with Gasteiger partial charge in [-0.15, -0.1) is 0 Å². The lowest BCUT2D eigenvalue weighted by atomic mass is 10.2. The third-order valence-electron chi connectivity index (χ3n) is 4.69. The highest BCUT2D eigenvalue weighted by molar-refractivity contribution is 6.34. The summed E-state index contributed by atoms with van der Waals surface area (Å²) in [4.78, 5) is 42.2. The average molecular weight is 344 g/mol. The van der Waals surface area contributed by atoms with Crippen LogP contribution in [0.1, 0.15) is 16.8 Å². The monoisotopic (exact) mass is 344 g/mol. The number of carbonyl (C=O) groups is 3. The molecule has 2 saturated heterocycles. The smallest absolute Gasteiger partial charge is 0.312 e. The predicted molar refractivity (Wildman–Crippen MR) is 93.0 cm³/mol. The van der Waals surface area contributed by atoms with Crippen LogP contribution in [0.15, 0.2) is 30.3 Å². The van der Waals surface area contributed by atoms with Crippen LogP contribution in [0.4, 0.5) is 0 Å². The van der Waals surface area contributed by atoms with E-state index < -0.39 is 11.8 Å². The summed E-state index contributed by atoms with van der Waals surface area (Å²) in [6, 6.07) is 9.12. The number of nitrogens with one attached hydrogen (secondary N) is 1. The van der Waals surface area contributed by atoms with Crippen LogP contribution >= 0.6 is 0 Å². The van der Waals surface area contributed by atoms with Crippen LogP contribution < -0.4 is 5.32 Å². The van der Waals surface area contributed by atoms with Gasteiger partial charge < -0.3 is 20.0 Å². The lowest BCUT2D eigenvalue weighted by molar-refractivity contribution is -0.152. The molecule has 0 saturated carbocycles. The second-order valence-electron chi connectivity index (χ2n) is 6.35. The molecule has 2 aliphatic rings. The van der Waals surface area contributed by atoms with E-state index in [1.807, 2.05) is 18.2 Å². The quantitative estimate of drug-likeness (QED) is 0.716.